The van der Waals surface area contributed by atoms with Crippen molar-refractivity contribution in [1.29, 1.82) is 0 Å². The largest absolute Gasteiger partial charge is 0.289 e. The zero-order valence-corrected chi connectivity index (χ0v) is 6.60. The van der Waals surface area contributed by atoms with Crippen LogP contribution in [0, 0.1) is 5.82 Å². The number of halogens is 1. The Bertz CT molecular complexity index is 391. The van der Waals surface area contributed by atoms with E-state index in [9.17, 15) is 9.18 Å². The summed E-state index contributed by atoms with van der Waals surface area (Å²) in [5.74, 6) is -0.294. The van der Waals surface area contributed by atoms with E-state index in [2.05, 4.69) is 0 Å². The maximum absolute atomic E-state index is 12.7. The Morgan fingerprint density at radius 2 is 2.08 bits per heavy atom. The quantitative estimate of drug-likeness (QED) is 0.572. The minimum absolute atomic E-state index is 0.00463. The number of rotatable bonds is 0. The number of fused-ring (bicyclic) bond motifs is 1. The molecular weight excluding hydrogens is 155 g/mol. The maximum Gasteiger partial charge on any atom is 0.189 e. The SMILES string of the molecule is CC1=Cc2cc(F)ccc2C1=O. The number of Topliss-reactive ketones (excluding diaryl/α,β-unsaturated/α-hetero) is 1. The standard InChI is InChI=1S/C10H7FO/c1-6-4-7-5-8(11)2-3-9(7)10(6)12/h2-5H,1H3. The van der Waals surface area contributed by atoms with Gasteiger partial charge in [0.2, 0.25) is 0 Å². The van der Waals surface area contributed by atoms with Gasteiger partial charge in [-0.2, -0.15) is 0 Å². The molecule has 0 atom stereocenters. The highest BCUT2D eigenvalue weighted by Crippen LogP contribution is 2.24. The molecule has 2 heteroatoms. The highest BCUT2D eigenvalue weighted by Gasteiger charge is 2.18. The molecule has 1 aromatic carbocycles. The number of hydrogen-bond donors (Lipinski definition) is 0. The summed E-state index contributed by atoms with van der Waals surface area (Å²) in [5, 5.41) is 0. The van der Waals surface area contributed by atoms with E-state index in [0.717, 1.165) is 0 Å². The second-order valence-electron chi connectivity index (χ2n) is 2.89. The second kappa shape index (κ2) is 2.27. The summed E-state index contributed by atoms with van der Waals surface area (Å²) < 4.78 is 12.7. The molecule has 0 heterocycles. The number of benzene rings is 1. The van der Waals surface area contributed by atoms with Crippen molar-refractivity contribution >= 4 is 11.9 Å². The molecule has 0 N–H and O–H groups in total. The van der Waals surface area contributed by atoms with Crippen molar-refractivity contribution in [2.75, 3.05) is 0 Å². The van der Waals surface area contributed by atoms with E-state index in [1.54, 1.807) is 13.0 Å². The highest BCUT2D eigenvalue weighted by molar-refractivity contribution is 6.17. The van der Waals surface area contributed by atoms with Crippen molar-refractivity contribution in [2.24, 2.45) is 0 Å². The highest BCUT2D eigenvalue weighted by atomic mass is 19.1. The molecule has 0 fully saturated rings. The molecule has 0 bridgehead atoms. The van der Waals surface area contributed by atoms with Gasteiger partial charge >= 0.3 is 0 Å². The molecular formula is C10H7FO. The fourth-order valence-electron chi connectivity index (χ4n) is 1.37. The molecule has 0 unspecified atom stereocenters. The van der Waals surface area contributed by atoms with Crippen LogP contribution >= 0.6 is 0 Å². The Kier molecular flexibility index (Phi) is 1.37. The lowest BCUT2D eigenvalue weighted by Crippen LogP contribution is -1.95. The van der Waals surface area contributed by atoms with Crippen LogP contribution in [0.15, 0.2) is 23.8 Å². The van der Waals surface area contributed by atoms with Gasteiger partial charge in [-0.15, -0.1) is 0 Å². The van der Waals surface area contributed by atoms with Crippen LogP contribution in [0.2, 0.25) is 0 Å². The zero-order chi connectivity index (χ0) is 8.72. The Morgan fingerprint density at radius 3 is 2.83 bits per heavy atom. The van der Waals surface area contributed by atoms with Crippen LogP contribution in [0.4, 0.5) is 4.39 Å². The number of hydrogen-bond acceptors (Lipinski definition) is 1. The van der Waals surface area contributed by atoms with Gasteiger partial charge in [-0.05, 0) is 42.3 Å². The van der Waals surface area contributed by atoms with Crippen LogP contribution in [-0.2, 0) is 0 Å². The van der Waals surface area contributed by atoms with E-state index in [1.807, 2.05) is 0 Å². The lowest BCUT2D eigenvalue weighted by molar-refractivity contribution is 0.103. The van der Waals surface area contributed by atoms with Crippen molar-refractivity contribution in [3.63, 3.8) is 0 Å². The number of ketones is 1. The topological polar surface area (TPSA) is 17.1 Å². The van der Waals surface area contributed by atoms with Crippen molar-refractivity contribution in [1.82, 2.24) is 0 Å². The van der Waals surface area contributed by atoms with Crippen molar-refractivity contribution in [2.45, 2.75) is 6.92 Å². The molecule has 12 heavy (non-hydrogen) atoms. The van der Waals surface area contributed by atoms with E-state index in [4.69, 9.17) is 0 Å². The van der Waals surface area contributed by atoms with Gasteiger partial charge in [0.05, 0.1) is 0 Å². The van der Waals surface area contributed by atoms with Gasteiger partial charge in [0.25, 0.3) is 0 Å². The second-order valence-corrected chi connectivity index (χ2v) is 2.89. The first-order valence-electron chi connectivity index (χ1n) is 3.71. The first kappa shape index (κ1) is 7.22. The molecule has 1 aliphatic carbocycles. The van der Waals surface area contributed by atoms with Crippen LogP contribution in [0.25, 0.3) is 6.08 Å². The molecule has 0 spiro atoms. The summed E-state index contributed by atoms with van der Waals surface area (Å²) in [6.07, 6.45) is 1.71. The number of carbonyl (C=O) groups is 1. The molecule has 2 rings (SSSR count). The van der Waals surface area contributed by atoms with E-state index in [0.29, 0.717) is 16.7 Å². The third-order valence-electron chi connectivity index (χ3n) is 1.99. The smallest absolute Gasteiger partial charge is 0.189 e. The van der Waals surface area contributed by atoms with Gasteiger partial charge in [0.1, 0.15) is 5.82 Å². The minimum Gasteiger partial charge on any atom is -0.289 e. The molecule has 0 aliphatic heterocycles. The Labute approximate surface area is 69.5 Å². The molecule has 1 nitrogen and oxygen atoms in total. The van der Waals surface area contributed by atoms with Gasteiger partial charge in [-0.25, -0.2) is 4.39 Å². The van der Waals surface area contributed by atoms with E-state index in [1.165, 1.54) is 18.2 Å². The molecule has 0 aromatic heterocycles. The average Bonchev–Trinajstić information content (AvgIpc) is 2.28. The van der Waals surface area contributed by atoms with Crippen molar-refractivity contribution in [3.8, 4) is 0 Å². The summed E-state index contributed by atoms with van der Waals surface area (Å²) >= 11 is 0. The fraction of sp³-hybridized carbons (Fsp3) is 0.100. The lowest BCUT2D eigenvalue weighted by atomic mass is 10.1. The normalized spacial score (nSPS) is 14.5. The summed E-state index contributed by atoms with van der Waals surface area (Å²) in [4.78, 5) is 11.3. The monoisotopic (exact) mass is 162 g/mol. The predicted octanol–water partition coefficient (Wildman–Crippen LogP) is 2.43. The third kappa shape index (κ3) is 0.881. The molecule has 1 aromatic rings. The Hall–Kier alpha value is -1.44. The fourth-order valence-corrected chi connectivity index (χ4v) is 1.37. The first-order valence-corrected chi connectivity index (χ1v) is 3.71. The number of carbonyl (C=O) groups excluding carboxylic acids is 1. The lowest BCUT2D eigenvalue weighted by Gasteiger charge is -1.95. The van der Waals surface area contributed by atoms with Gasteiger partial charge in [-0.1, -0.05) is 0 Å². The van der Waals surface area contributed by atoms with Crippen LogP contribution in [-0.4, -0.2) is 5.78 Å². The van der Waals surface area contributed by atoms with E-state index >= 15 is 0 Å². The van der Waals surface area contributed by atoms with E-state index in [-0.39, 0.29) is 11.6 Å². The van der Waals surface area contributed by atoms with Crippen LogP contribution in [0.1, 0.15) is 22.8 Å². The summed E-state index contributed by atoms with van der Waals surface area (Å²) in [5.41, 5.74) is 1.97. The molecule has 0 saturated heterocycles. The Morgan fingerprint density at radius 1 is 1.33 bits per heavy atom. The molecule has 0 amide bonds. The third-order valence-corrected chi connectivity index (χ3v) is 1.99. The number of allylic oxidation sites excluding steroid dienone is 1. The van der Waals surface area contributed by atoms with Crippen LogP contribution < -0.4 is 0 Å². The van der Waals surface area contributed by atoms with Gasteiger partial charge < -0.3 is 0 Å². The summed E-state index contributed by atoms with van der Waals surface area (Å²) in [6.45, 7) is 1.74. The predicted molar refractivity (Wildman–Crippen MR) is 44.4 cm³/mol. The van der Waals surface area contributed by atoms with Crippen molar-refractivity contribution < 1.29 is 9.18 Å². The Balaban J connectivity index is 2.65. The van der Waals surface area contributed by atoms with Gasteiger partial charge in [-0.3, -0.25) is 4.79 Å². The van der Waals surface area contributed by atoms with Gasteiger partial charge in [0.15, 0.2) is 5.78 Å². The average molecular weight is 162 g/mol. The molecule has 1 aliphatic rings. The molecule has 0 saturated carbocycles. The zero-order valence-electron chi connectivity index (χ0n) is 6.60. The maximum atomic E-state index is 12.7. The molecule has 60 valence electrons. The minimum atomic E-state index is -0.299. The van der Waals surface area contributed by atoms with Crippen LogP contribution in [0.3, 0.4) is 0 Å². The summed E-state index contributed by atoms with van der Waals surface area (Å²) in [6, 6.07) is 4.22. The first-order chi connectivity index (χ1) is 5.68. The van der Waals surface area contributed by atoms with Crippen LogP contribution in [0.5, 0.6) is 0 Å². The molecule has 0 radical (unpaired) electrons. The van der Waals surface area contributed by atoms with Crippen molar-refractivity contribution in [3.05, 3.63) is 40.7 Å². The summed E-state index contributed by atoms with van der Waals surface area (Å²) in [7, 11) is 0. The van der Waals surface area contributed by atoms with Gasteiger partial charge in [0, 0.05) is 5.56 Å². The van der Waals surface area contributed by atoms with E-state index < -0.39 is 0 Å².